The maximum atomic E-state index is 13.5. The molecule has 1 aliphatic heterocycles. The normalized spacial score (nSPS) is 17.1. The largest absolute Gasteiger partial charge is 0.364 e. The predicted molar refractivity (Wildman–Crippen MR) is 124 cm³/mol. The lowest BCUT2D eigenvalue weighted by Crippen LogP contribution is -2.47. The summed E-state index contributed by atoms with van der Waals surface area (Å²) < 4.78 is 28.5. The van der Waals surface area contributed by atoms with Gasteiger partial charge in [-0.05, 0) is 49.6 Å². The van der Waals surface area contributed by atoms with Gasteiger partial charge in [-0.25, -0.2) is 13.4 Å². The molecule has 1 aliphatic rings. The van der Waals surface area contributed by atoms with Crippen LogP contribution in [0.2, 0.25) is 0 Å². The second-order valence-corrected chi connectivity index (χ2v) is 10.8. The fraction of sp³-hybridized carbons (Fsp3) is 0.333. The molecule has 0 bridgehead atoms. The van der Waals surface area contributed by atoms with Crippen LogP contribution in [0.4, 0.5) is 5.69 Å². The number of fused-ring (bicyclic) bond motifs is 1. The Hall–Kier alpha value is -3.15. The van der Waals surface area contributed by atoms with Gasteiger partial charge in [0.05, 0.1) is 35.4 Å². The third-order valence-corrected chi connectivity index (χ3v) is 8.13. The Kier molecular flexibility index (Phi) is 6.31. The van der Waals surface area contributed by atoms with E-state index in [2.05, 4.69) is 20.9 Å². The average molecular weight is 450 g/mol. The maximum Gasteiger partial charge on any atom is 0.217 e. The molecule has 0 amide bonds. The number of nitrogens with one attached hydrogen (secondary N) is 1. The van der Waals surface area contributed by atoms with E-state index in [4.69, 9.17) is 0 Å². The van der Waals surface area contributed by atoms with Gasteiger partial charge in [0.25, 0.3) is 0 Å². The Bertz CT molecular complexity index is 1200. The number of nitrogens with zero attached hydrogens (tertiary/aromatic N) is 4. The molecular weight excluding hydrogens is 422 g/mol. The van der Waals surface area contributed by atoms with Crippen molar-refractivity contribution in [3.63, 3.8) is 0 Å². The first-order valence-electron chi connectivity index (χ1n) is 10.7. The molecule has 1 aromatic heterocycles. The zero-order valence-corrected chi connectivity index (χ0v) is 19.1. The van der Waals surface area contributed by atoms with Gasteiger partial charge < -0.3 is 9.88 Å². The van der Waals surface area contributed by atoms with E-state index in [1.807, 2.05) is 42.6 Å². The van der Waals surface area contributed by atoms with Crippen LogP contribution in [0.25, 0.3) is 0 Å². The molecule has 0 radical (unpaired) electrons. The molecule has 0 saturated heterocycles. The smallest absolute Gasteiger partial charge is 0.217 e. The molecule has 0 unspecified atom stereocenters. The van der Waals surface area contributed by atoms with Gasteiger partial charge in [-0.2, -0.15) is 9.57 Å². The molecule has 0 saturated carbocycles. The summed E-state index contributed by atoms with van der Waals surface area (Å²) in [5.74, 6) is 0. The summed E-state index contributed by atoms with van der Waals surface area (Å²) in [6.07, 6.45) is 4.09. The molecule has 2 aromatic carbocycles. The number of anilines is 1. The van der Waals surface area contributed by atoms with E-state index in [0.29, 0.717) is 25.1 Å². The molecular formula is C24H27N5O2S. The van der Waals surface area contributed by atoms with Gasteiger partial charge in [0.1, 0.15) is 0 Å². The zero-order chi connectivity index (χ0) is 22.7. The minimum atomic E-state index is -3.54. The highest BCUT2D eigenvalue weighted by Crippen LogP contribution is 2.32. The number of sulfonamides is 1. The van der Waals surface area contributed by atoms with Crippen LogP contribution in [0, 0.1) is 11.3 Å². The summed E-state index contributed by atoms with van der Waals surface area (Å²) in [5.41, 5.74) is 4.25. The minimum absolute atomic E-state index is 0.236. The standard InChI is InChI=1S/C24H27N5O2S/c1-18(2)32(30,31)29-14-21-10-20(12-25)8-9-24(21)28(15-22-13-26-17-27-22)16-23(29)11-19-6-4-3-5-7-19/h3-10,13,17-18,23H,11,14-16H2,1-2H3,(H,26,27)/t23-/m1/s1. The Morgan fingerprint density at radius 2 is 2.00 bits per heavy atom. The van der Waals surface area contributed by atoms with Crippen molar-refractivity contribution in [2.24, 2.45) is 0 Å². The number of hydrogen-bond acceptors (Lipinski definition) is 5. The summed E-state index contributed by atoms with van der Waals surface area (Å²) in [7, 11) is -3.54. The van der Waals surface area contributed by atoms with Crippen molar-refractivity contribution in [1.29, 1.82) is 5.26 Å². The second kappa shape index (κ2) is 9.15. The van der Waals surface area contributed by atoms with Crippen LogP contribution in [-0.4, -0.2) is 40.5 Å². The number of rotatable bonds is 6. The Labute approximate surface area is 189 Å². The SMILES string of the molecule is CC(C)S(=O)(=O)N1Cc2cc(C#N)ccc2N(Cc2c[nH]cn2)C[C@H]1Cc1ccccc1. The average Bonchev–Trinajstić information content (AvgIpc) is 3.24. The fourth-order valence-electron chi connectivity index (χ4n) is 4.17. The lowest BCUT2D eigenvalue weighted by atomic mass is 10.1. The van der Waals surface area contributed by atoms with Crippen molar-refractivity contribution in [1.82, 2.24) is 14.3 Å². The van der Waals surface area contributed by atoms with Crippen LogP contribution < -0.4 is 4.90 Å². The van der Waals surface area contributed by atoms with Crippen molar-refractivity contribution >= 4 is 15.7 Å². The Balaban J connectivity index is 1.81. The van der Waals surface area contributed by atoms with Gasteiger partial charge >= 0.3 is 0 Å². The van der Waals surface area contributed by atoms with E-state index in [1.165, 1.54) is 0 Å². The first-order valence-corrected chi connectivity index (χ1v) is 12.2. The molecule has 7 nitrogen and oxygen atoms in total. The molecule has 1 N–H and O–H groups in total. The second-order valence-electron chi connectivity index (χ2n) is 8.38. The van der Waals surface area contributed by atoms with E-state index in [-0.39, 0.29) is 12.6 Å². The summed E-state index contributed by atoms with van der Waals surface area (Å²) >= 11 is 0. The van der Waals surface area contributed by atoms with Gasteiger partial charge in [-0.1, -0.05) is 30.3 Å². The summed E-state index contributed by atoms with van der Waals surface area (Å²) in [4.78, 5) is 9.54. The molecule has 2 heterocycles. The van der Waals surface area contributed by atoms with Crippen molar-refractivity contribution in [3.05, 3.63) is 83.4 Å². The van der Waals surface area contributed by atoms with Crippen LogP contribution in [0.1, 0.15) is 36.2 Å². The third kappa shape index (κ3) is 4.54. The number of hydrogen-bond donors (Lipinski definition) is 1. The molecule has 0 spiro atoms. The van der Waals surface area contributed by atoms with E-state index < -0.39 is 15.3 Å². The topological polar surface area (TPSA) is 93.1 Å². The lowest BCUT2D eigenvalue weighted by molar-refractivity contribution is 0.315. The van der Waals surface area contributed by atoms with Crippen molar-refractivity contribution in [2.75, 3.05) is 11.4 Å². The Morgan fingerprint density at radius 3 is 2.66 bits per heavy atom. The molecule has 32 heavy (non-hydrogen) atoms. The van der Waals surface area contributed by atoms with Crippen LogP contribution in [0.5, 0.6) is 0 Å². The summed E-state index contributed by atoms with van der Waals surface area (Å²) in [6.45, 7) is 4.73. The van der Waals surface area contributed by atoms with Gasteiger partial charge in [-0.3, -0.25) is 0 Å². The Morgan fingerprint density at radius 1 is 1.22 bits per heavy atom. The third-order valence-electron chi connectivity index (χ3n) is 5.86. The first-order chi connectivity index (χ1) is 15.4. The number of H-pyrrole nitrogens is 1. The molecule has 166 valence electrons. The highest BCUT2D eigenvalue weighted by Gasteiger charge is 2.37. The van der Waals surface area contributed by atoms with E-state index in [0.717, 1.165) is 22.5 Å². The number of imidazole rings is 1. The van der Waals surface area contributed by atoms with E-state index in [9.17, 15) is 13.7 Å². The first kappa shape index (κ1) is 22.1. The molecule has 3 aromatic rings. The minimum Gasteiger partial charge on any atom is -0.364 e. The fourth-order valence-corrected chi connectivity index (χ4v) is 5.59. The van der Waals surface area contributed by atoms with Crippen LogP contribution >= 0.6 is 0 Å². The van der Waals surface area contributed by atoms with E-state index >= 15 is 0 Å². The molecule has 4 rings (SSSR count). The van der Waals surface area contributed by atoms with Crippen molar-refractivity contribution in [2.45, 2.75) is 44.6 Å². The van der Waals surface area contributed by atoms with Crippen LogP contribution in [0.3, 0.4) is 0 Å². The van der Waals surface area contributed by atoms with Gasteiger partial charge in [0.2, 0.25) is 10.0 Å². The molecule has 0 fully saturated rings. The highest BCUT2D eigenvalue weighted by molar-refractivity contribution is 7.89. The highest BCUT2D eigenvalue weighted by atomic mass is 32.2. The maximum absolute atomic E-state index is 13.5. The zero-order valence-electron chi connectivity index (χ0n) is 18.3. The van der Waals surface area contributed by atoms with Crippen molar-refractivity contribution < 1.29 is 8.42 Å². The summed E-state index contributed by atoms with van der Waals surface area (Å²) in [5, 5.41) is 8.89. The van der Waals surface area contributed by atoms with Crippen molar-refractivity contribution in [3.8, 4) is 6.07 Å². The number of aromatic amines is 1. The number of aromatic nitrogens is 2. The molecule has 1 atom stereocenters. The quantitative estimate of drug-likeness (QED) is 0.622. The van der Waals surface area contributed by atoms with Gasteiger partial charge in [0, 0.05) is 31.0 Å². The van der Waals surface area contributed by atoms with E-state index in [1.54, 1.807) is 36.6 Å². The number of nitriles is 1. The van der Waals surface area contributed by atoms with Crippen LogP contribution in [0.15, 0.2) is 61.1 Å². The molecule has 8 heteroatoms. The summed E-state index contributed by atoms with van der Waals surface area (Å²) in [6, 6.07) is 17.4. The monoisotopic (exact) mass is 449 g/mol. The molecule has 0 aliphatic carbocycles. The lowest BCUT2D eigenvalue weighted by Gasteiger charge is -2.33. The number of benzene rings is 2. The predicted octanol–water partition coefficient (Wildman–Crippen LogP) is 3.45. The van der Waals surface area contributed by atoms with Crippen LogP contribution in [-0.2, 0) is 29.5 Å². The van der Waals surface area contributed by atoms with Gasteiger partial charge in [-0.15, -0.1) is 0 Å². The van der Waals surface area contributed by atoms with Gasteiger partial charge in [0.15, 0.2) is 0 Å².